The summed E-state index contributed by atoms with van der Waals surface area (Å²) in [6, 6.07) is 6.72. The molecule has 1 saturated heterocycles. The summed E-state index contributed by atoms with van der Waals surface area (Å²) < 4.78 is 27.7. The highest BCUT2D eigenvalue weighted by Crippen LogP contribution is 2.35. The molecule has 0 aromatic heterocycles. The molecule has 2 unspecified atom stereocenters. The largest absolute Gasteiger partial charge is 0.386 e. The summed E-state index contributed by atoms with van der Waals surface area (Å²) in [7, 11) is 0. The minimum absolute atomic E-state index is 0.168. The van der Waals surface area contributed by atoms with Gasteiger partial charge in [0.2, 0.25) is 0 Å². The number of aliphatic hydroxyl groups is 1. The fourth-order valence-corrected chi connectivity index (χ4v) is 3.63. The number of carbonyl (C=O) groups is 2. The lowest BCUT2D eigenvalue weighted by Gasteiger charge is -2.24. The van der Waals surface area contributed by atoms with Gasteiger partial charge in [-0.1, -0.05) is 35.3 Å². The molecule has 5 nitrogen and oxygen atoms in total. The number of β-amino-alcohol motifs (C(OH)–C–C–N with tert-alkyl or cyclic N) is 1. The molecule has 0 spiro atoms. The zero-order valence-electron chi connectivity index (χ0n) is 14.0. The van der Waals surface area contributed by atoms with Gasteiger partial charge in [0.25, 0.3) is 5.91 Å². The van der Waals surface area contributed by atoms with E-state index in [4.69, 9.17) is 23.2 Å². The normalized spacial score (nSPS) is 20.7. The van der Waals surface area contributed by atoms with E-state index in [0.717, 1.165) is 18.2 Å². The number of carbonyl (C=O) groups excluding carboxylic acids is 2. The molecule has 1 aliphatic heterocycles. The molecule has 0 aliphatic carbocycles. The Morgan fingerprint density at radius 1 is 1.19 bits per heavy atom. The Labute approximate surface area is 163 Å². The summed E-state index contributed by atoms with van der Waals surface area (Å²) in [5, 5.41) is 13.2. The first kappa shape index (κ1) is 19.5. The summed E-state index contributed by atoms with van der Waals surface area (Å²) in [6.45, 7) is 0.821. The molecule has 142 valence electrons. The van der Waals surface area contributed by atoms with Crippen molar-refractivity contribution in [3.8, 4) is 0 Å². The van der Waals surface area contributed by atoms with Gasteiger partial charge >= 0.3 is 6.03 Å². The highest BCUT2D eigenvalue weighted by atomic mass is 35.5. The smallest absolute Gasteiger partial charge is 0.325 e. The van der Waals surface area contributed by atoms with Crippen LogP contribution < -0.4 is 5.32 Å². The molecule has 1 heterocycles. The van der Waals surface area contributed by atoms with Crippen molar-refractivity contribution in [3.63, 3.8) is 0 Å². The van der Waals surface area contributed by atoms with Crippen LogP contribution in [0.1, 0.15) is 24.2 Å². The van der Waals surface area contributed by atoms with Crippen molar-refractivity contribution in [1.29, 1.82) is 0 Å². The van der Waals surface area contributed by atoms with Crippen LogP contribution in [-0.2, 0) is 10.3 Å². The molecule has 3 amide bonds. The minimum atomic E-state index is -1.73. The minimum Gasteiger partial charge on any atom is -0.386 e. The molecule has 0 bridgehead atoms. The first-order valence-electron chi connectivity index (χ1n) is 7.86. The van der Waals surface area contributed by atoms with Gasteiger partial charge in [-0.25, -0.2) is 13.6 Å². The second-order valence-electron chi connectivity index (χ2n) is 6.25. The third-order valence-electron chi connectivity index (χ3n) is 4.43. The number of benzene rings is 2. The maximum absolute atomic E-state index is 13.8. The van der Waals surface area contributed by atoms with Crippen molar-refractivity contribution in [2.75, 3.05) is 6.54 Å². The summed E-state index contributed by atoms with van der Waals surface area (Å²) >= 11 is 12.0. The number of nitrogens with zero attached hydrogens (tertiary/aromatic N) is 1. The topological polar surface area (TPSA) is 69.6 Å². The van der Waals surface area contributed by atoms with E-state index in [9.17, 15) is 23.5 Å². The van der Waals surface area contributed by atoms with Gasteiger partial charge in [0.05, 0.1) is 12.1 Å². The van der Waals surface area contributed by atoms with Gasteiger partial charge in [0.1, 0.15) is 23.3 Å². The van der Waals surface area contributed by atoms with Crippen LogP contribution in [0.25, 0.3) is 0 Å². The predicted octanol–water partition coefficient (Wildman–Crippen LogP) is 3.77. The van der Waals surface area contributed by atoms with Crippen LogP contribution in [0.4, 0.5) is 13.6 Å². The number of amides is 3. The maximum atomic E-state index is 13.8. The molecular formula is C18H14Cl2F2N2O3. The van der Waals surface area contributed by atoms with Crippen LogP contribution in [-0.4, -0.2) is 28.5 Å². The van der Waals surface area contributed by atoms with E-state index < -0.39 is 47.3 Å². The summed E-state index contributed by atoms with van der Waals surface area (Å²) in [5.41, 5.74) is -1.82. The van der Waals surface area contributed by atoms with Crippen LogP contribution in [0.2, 0.25) is 10.0 Å². The van der Waals surface area contributed by atoms with E-state index in [-0.39, 0.29) is 5.02 Å². The molecular weight excluding hydrogens is 401 g/mol. The highest BCUT2D eigenvalue weighted by molar-refractivity contribution is 6.35. The van der Waals surface area contributed by atoms with E-state index in [2.05, 4.69) is 5.32 Å². The van der Waals surface area contributed by atoms with Gasteiger partial charge in [-0.05, 0) is 31.2 Å². The van der Waals surface area contributed by atoms with Gasteiger partial charge in [-0.15, -0.1) is 0 Å². The zero-order valence-corrected chi connectivity index (χ0v) is 15.5. The van der Waals surface area contributed by atoms with Gasteiger partial charge in [-0.3, -0.25) is 9.69 Å². The molecule has 0 radical (unpaired) electrons. The lowest BCUT2D eigenvalue weighted by Crippen LogP contribution is -2.41. The van der Waals surface area contributed by atoms with Crippen molar-refractivity contribution >= 4 is 35.1 Å². The molecule has 27 heavy (non-hydrogen) atoms. The van der Waals surface area contributed by atoms with E-state index in [1.54, 1.807) is 0 Å². The van der Waals surface area contributed by atoms with Crippen molar-refractivity contribution in [2.45, 2.75) is 18.6 Å². The standard InChI is InChI=1S/C18H14Cl2F2N2O3/c1-18(10-6-5-9(19)7-11(10)20)16(26)24(17(27)23-18)8-14(25)15-12(21)3-2-4-13(15)22/h2-7,14,25H,8H2,1H3,(H,23,27). The summed E-state index contributed by atoms with van der Waals surface area (Å²) in [4.78, 5) is 25.9. The molecule has 2 aromatic rings. The van der Waals surface area contributed by atoms with Gasteiger partial charge in [0, 0.05) is 15.6 Å². The molecule has 1 aliphatic rings. The number of hydrogen-bond acceptors (Lipinski definition) is 3. The number of imide groups is 1. The first-order valence-corrected chi connectivity index (χ1v) is 8.62. The van der Waals surface area contributed by atoms with Crippen LogP contribution in [0.5, 0.6) is 0 Å². The summed E-state index contributed by atoms with van der Waals surface area (Å²) in [6.07, 6.45) is -1.73. The quantitative estimate of drug-likeness (QED) is 0.748. The van der Waals surface area contributed by atoms with E-state index in [0.29, 0.717) is 15.5 Å². The van der Waals surface area contributed by atoms with Crippen LogP contribution in [0, 0.1) is 11.6 Å². The summed E-state index contributed by atoms with van der Waals surface area (Å²) in [5.74, 6) is -2.66. The molecule has 0 saturated carbocycles. The monoisotopic (exact) mass is 414 g/mol. The van der Waals surface area contributed by atoms with Crippen molar-refractivity contribution in [1.82, 2.24) is 10.2 Å². The zero-order chi connectivity index (χ0) is 19.9. The van der Waals surface area contributed by atoms with Crippen molar-refractivity contribution in [2.24, 2.45) is 0 Å². The van der Waals surface area contributed by atoms with E-state index >= 15 is 0 Å². The Morgan fingerprint density at radius 2 is 1.81 bits per heavy atom. The number of nitrogens with one attached hydrogen (secondary N) is 1. The Balaban J connectivity index is 1.90. The Hall–Kier alpha value is -2.22. The molecule has 3 rings (SSSR count). The molecule has 2 aromatic carbocycles. The number of hydrogen-bond donors (Lipinski definition) is 2. The Morgan fingerprint density at radius 3 is 2.41 bits per heavy atom. The number of aliphatic hydroxyl groups excluding tert-OH is 1. The van der Waals surface area contributed by atoms with E-state index in [1.807, 2.05) is 0 Å². The van der Waals surface area contributed by atoms with Gasteiger partial charge in [-0.2, -0.15) is 0 Å². The van der Waals surface area contributed by atoms with Crippen LogP contribution >= 0.6 is 23.2 Å². The van der Waals surface area contributed by atoms with Crippen molar-refractivity contribution < 1.29 is 23.5 Å². The third-order valence-corrected chi connectivity index (χ3v) is 4.98. The SMILES string of the molecule is CC1(c2ccc(Cl)cc2Cl)NC(=O)N(CC(O)c2c(F)cccc2F)C1=O. The highest BCUT2D eigenvalue weighted by Gasteiger charge is 2.50. The molecule has 1 fully saturated rings. The van der Waals surface area contributed by atoms with Gasteiger partial charge in [0.15, 0.2) is 0 Å². The lowest BCUT2D eigenvalue weighted by atomic mass is 9.92. The number of urea groups is 1. The average molecular weight is 415 g/mol. The molecule has 2 atom stereocenters. The second-order valence-corrected chi connectivity index (χ2v) is 7.09. The Bertz CT molecular complexity index is 921. The Kier molecular flexibility index (Phi) is 5.12. The predicted molar refractivity (Wildman–Crippen MR) is 95.4 cm³/mol. The average Bonchev–Trinajstić information content (AvgIpc) is 2.78. The van der Waals surface area contributed by atoms with Crippen molar-refractivity contribution in [3.05, 3.63) is 69.2 Å². The fraction of sp³-hybridized carbons (Fsp3) is 0.222. The van der Waals surface area contributed by atoms with E-state index in [1.165, 1.54) is 25.1 Å². The van der Waals surface area contributed by atoms with Crippen LogP contribution in [0.3, 0.4) is 0 Å². The molecule has 2 N–H and O–H groups in total. The van der Waals surface area contributed by atoms with Crippen LogP contribution in [0.15, 0.2) is 36.4 Å². The fourth-order valence-electron chi connectivity index (χ4n) is 3.03. The lowest BCUT2D eigenvalue weighted by molar-refractivity contribution is -0.132. The number of halogens is 4. The maximum Gasteiger partial charge on any atom is 0.325 e. The second kappa shape index (κ2) is 7.07. The molecule has 9 heteroatoms. The van der Waals surface area contributed by atoms with Gasteiger partial charge < -0.3 is 10.4 Å². The number of rotatable bonds is 4. The first-order chi connectivity index (χ1) is 12.6. The third kappa shape index (κ3) is 3.38.